The zero-order valence-corrected chi connectivity index (χ0v) is 12.8. The third-order valence-corrected chi connectivity index (χ3v) is 3.06. The first-order chi connectivity index (χ1) is 10.8. The van der Waals surface area contributed by atoms with Gasteiger partial charge in [0.05, 0.1) is 19.9 Å². The van der Waals surface area contributed by atoms with Crippen LogP contribution >= 0.6 is 0 Å². The standard InChI is InChI=1S/C17H20N2O3/c1-3-21-16-6-4-5-7-17(16)22-12-14-10-13(11-19-18)8-9-15(14)20-2/h4-11H,3,12,18H2,1-2H3. The van der Waals surface area contributed by atoms with E-state index in [9.17, 15) is 0 Å². The molecular formula is C17H20N2O3. The Hall–Kier alpha value is -2.69. The molecule has 2 aromatic rings. The van der Waals surface area contributed by atoms with Crippen molar-refractivity contribution in [3.63, 3.8) is 0 Å². The minimum Gasteiger partial charge on any atom is -0.496 e. The molecule has 2 rings (SSSR count). The van der Waals surface area contributed by atoms with Gasteiger partial charge in [0.2, 0.25) is 0 Å². The molecule has 0 atom stereocenters. The van der Waals surface area contributed by atoms with Crippen molar-refractivity contribution >= 4 is 6.21 Å². The van der Waals surface area contributed by atoms with E-state index in [1.807, 2.05) is 49.4 Å². The molecule has 0 saturated heterocycles. The molecule has 0 aromatic heterocycles. The Morgan fingerprint density at radius 2 is 1.77 bits per heavy atom. The van der Waals surface area contributed by atoms with Crippen LogP contribution in [0.2, 0.25) is 0 Å². The molecule has 116 valence electrons. The van der Waals surface area contributed by atoms with Crippen LogP contribution in [0.25, 0.3) is 0 Å². The number of methoxy groups -OCH3 is 1. The zero-order chi connectivity index (χ0) is 15.8. The van der Waals surface area contributed by atoms with Crippen LogP contribution in [0.4, 0.5) is 0 Å². The number of ether oxygens (including phenoxy) is 3. The lowest BCUT2D eigenvalue weighted by atomic mass is 10.1. The second-order valence-electron chi connectivity index (χ2n) is 4.52. The van der Waals surface area contributed by atoms with Crippen molar-refractivity contribution in [1.29, 1.82) is 0 Å². The number of para-hydroxylation sites is 2. The molecule has 22 heavy (non-hydrogen) atoms. The summed E-state index contributed by atoms with van der Waals surface area (Å²) in [7, 11) is 1.63. The molecule has 0 radical (unpaired) electrons. The van der Waals surface area contributed by atoms with Crippen LogP contribution in [0.1, 0.15) is 18.1 Å². The van der Waals surface area contributed by atoms with Crippen molar-refractivity contribution < 1.29 is 14.2 Å². The van der Waals surface area contributed by atoms with Crippen LogP contribution < -0.4 is 20.1 Å². The van der Waals surface area contributed by atoms with Crippen LogP contribution in [0, 0.1) is 0 Å². The molecule has 5 nitrogen and oxygen atoms in total. The normalized spacial score (nSPS) is 10.6. The van der Waals surface area contributed by atoms with Gasteiger partial charge in [0.1, 0.15) is 12.4 Å². The lowest BCUT2D eigenvalue weighted by Gasteiger charge is -2.13. The number of hydrazone groups is 1. The number of nitrogens with zero attached hydrogens (tertiary/aromatic N) is 1. The predicted molar refractivity (Wildman–Crippen MR) is 86.7 cm³/mol. The Morgan fingerprint density at radius 1 is 1.05 bits per heavy atom. The van der Waals surface area contributed by atoms with Gasteiger partial charge in [0.25, 0.3) is 0 Å². The lowest BCUT2D eigenvalue weighted by molar-refractivity contribution is 0.265. The fraction of sp³-hybridized carbons (Fsp3) is 0.235. The summed E-state index contributed by atoms with van der Waals surface area (Å²) in [4.78, 5) is 0. The summed E-state index contributed by atoms with van der Waals surface area (Å²) in [6, 6.07) is 13.3. The van der Waals surface area contributed by atoms with E-state index in [0.29, 0.717) is 19.0 Å². The van der Waals surface area contributed by atoms with Crippen LogP contribution in [-0.4, -0.2) is 19.9 Å². The first-order valence-corrected chi connectivity index (χ1v) is 7.03. The highest BCUT2D eigenvalue weighted by molar-refractivity contribution is 5.80. The van der Waals surface area contributed by atoms with Gasteiger partial charge in [-0.3, -0.25) is 0 Å². The van der Waals surface area contributed by atoms with Gasteiger partial charge in [0, 0.05) is 5.56 Å². The van der Waals surface area contributed by atoms with E-state index >= 15 is 0 Å². The molecule has 2 aromatic carbocycles. The summed E-state index contributed by atoms with van der Waals surface area (Å²) in [6.45, 7) is 2.89. The summed E-state index contributed by atoms with van der Waals surface area (Å²) < 4.78 is 16.8. The predicted octanol–water partition coefficient (Wildman–Crippen LogP) is 2.97. The Bertz CT molecular complexity index is 642. The number of rotatable bonds is 7. The van der Waals surface area contributed by atoms with Gasteiger partial charge >= 0.3 is 0 Å². The van der Waals surface area contributed by atoms with Crippen LogP contribution in [-0.2, 0) is 6.61 Å². The van der Waals surface area contributed by atoms with Crippen molar-refractivity contribution in [3.05, 3.63) is 53.6 Å². The third-order valence-electron chi connectivity index (χ3n) is 3.06. The van der Waals surface area contributed by atoms with Gasteiger partial charge in [0.15, 0.2) is 11.5 Å². The molecule has 5 heteroatoms. The van der Waals surface area contributed by atoms with Crippen LogP contribution in [0.3, 0.4) is 0 Å². The first-order valence-electron chi connectivity index (χ1n) is 7.03. The molecule has 0 unspecified atom stereocenters. The Morgan fingerprint density at radius 3 is 2.41 bits per heavy atom. The van der Waals surface area contributed by atoms with Crippen molar-refractivity contribution in [3.8, 4) is 17.2 Å². The lowest BCUT2D eigenvalue weighted by Crippen LogP contribution is -2.02. The maximum atomic E-state index is 5.87. The summed E-state index contributed by atoms with van der Waals surface area (Å²) in [5.74, 6) is 7.37. The van der Waals surface area contributed by atoms with Crippen LogP contribution in [0.15, 0.2) is 47.6 Å². The topological polar surface area (TPSA) is 66.1 Å². The van der Waals surface area contributed by atoms with E-state index in [2.05, 4.69) is 5.10 Å². The summed E-state index contributed by atoms with van der Waals surface area (Å²) >= 11 is 0. The smallest absolute Gasteiger partial charge is 0.161 e. The number of hydrogen-bond acceptors (Lipinski definition) is 5. The molecule has 0 aliphatic rings. The minimum atomic E-state index is 0.361. The first kappa shape index (κ1) is 15.7. The second-order valence-corrected chi connectivity index (χ2v) is 4.52. The highest BCUT2D eigenvalue weighted by Gasteiger charge is 2.08. The molecule has 2 N–H and O–H groups in total. The molecule has 0 aliphatic carbocycles. The van der Waals surface area contributed by atoms with E-state index in [1.54, 1.807) is 13.3 Å². The van der Waals surface area contributed by atoms with Gasteiger partial charge in [-0.2, -0.15) is 5.10 Å². The number of nitrogens with two attached hydrogens (primary N) is 1. The SMILES string of the molecule is CCOc1ccccc1OCc1cc(C=NN)ccc1OC. The molecule has 0 aliphatic heterocycles. The Labute approximate surface area is 130 Å². The van der Waals surface area contributed by atoms with Crippen LogP contribution in [0.5, 0.6) is 17.2 Å². The number of benzene rings is 2. The molecule has 0 bridgehead atoms. The largest absolute Gasteiger partial charge is 0.496 e. The maximum absolute atomic E-state index is 5.87. The second kappa shape index (κ2) is 7.93. The van der Waals surface area contributed by atoms with E-state index in [-0.39, 0.29) is 0 Å². The molecule has 0 fully saturated rings. The van der Waals surface area contributed by atoms with Gasteiger partial charge in [-0.25, -0.2) is 0 Å². The zero-order valence-electron chi connectivity index (χ0n) is 12.8. The van der Waals surface area contributed by atoms with Crippen molar-refractivity contribution in [2.75, 3.05) is 13.7 Å². The van der Waals surface area contributed by atoms with E-state index in [0.717, 1.165) is 22.6 Å². The number of hydrogen-bond donors (Lipinski definition) is 1. The molecule has 0 saturated carbocycles. The van der Waals surface area contributed by atoms with Crippen molar-refractivity contribution in [1.82, 2.24) is 0 Å². The fourth-order valence-corrected chi connectivity index (χ4v) is 2.08. The maximum Gasteiger partial charge on any atom is 0.161 e. The summed E-state index contributed by atoms with van der Waals surface area (Å²) in [6.07, 6.45) is 1.58. The van der Waals surface area contributed by atoms with Gasteiger partial charge in [-0.05, 0) is 42.8 Å². The summed E-state index contributed by atoms with van der Waals surface area (Å²) in [5.41, 5.74) is 1.80. The van der Waals surface area contributed by atoms with Gasteiger partial charge in [-0.1, -0.05) is 12.1 Å². The van der Waals surface area contributed by atoms with Crippen molar-refractivity contribution in [2.24, 2.45) is 10.9 Å². The average Bonchev–Trinajstić information content (AvgIpc) is 2.55. The molecule has 0 amide bonds. The third kappa shape index (κ3) is 3.91. The van der Waals surface area contributed by atoms with E-state index in [4.69, 9.17) is 20.1 Å². The molecular weight excluding hydrogens is 280 g/mol. The molecule has 0 heterocycles. The quantitative estimate of drug-likeness (QED) is 0.485. The monoisotopic (exact) mass is 300 g/mol. The average molecular weight is 300 g/mol. The Kier molecular flexibility index (Phi) is 5.65. The fourth-order valence-electron chi connectivity index (χ4n) is 2.08. The Balaban J connectivity index is 2.18. The van der Waals surface area contributed by atoms with Gasteiger partial charge in [-0.15, -0.1) is 0 Å². The van der Waals surface area contributed by atoms with E-state index in [1.165, 1.54) is 0 Å². The molecule has 0 spiro atoms. The van der Waals surface area contributed by atoms with Gasteiger partial charge < -0.3 is 20.1 Å². The minimum absolute atomic E-state index is 0.361. The van der Waals surface area contributed by atoms with Crippen molar-refractivity contribution in [2.45, 2.75) is 13.5 Å². The summed E-state index contributed by atoms with van der Waals surface area (Å²) in [5, 5.41) is 3.53. The highest BCUT2D eigenvalue weighted by Crippen LogP contribution is 2.28. The van der Waals surface area contributed by atoms with E-state index < -0.39 is 0 Å². The highest BCUT2D eigenvalue weighted by atomic mass is 16.5.